The van der Waals surface area contributed by atoms with Gasteiger partial charge in [0.2, 0.25) is 6.29 Å². The number of hydrogen-bond donors (Lipinski definition) is 0. The first-order valence-corrected chi connectivity index (χ1v) is 14.7. The number of rotatable bonds is 5. The summed E-state index contributed by atoms with van der Waals surface area (Å²) in [6, 6.07) is 0. The van der Waals surface area contributed by atoms with Crippen molar-refractivity contribution in [2.75, 3.05) is 13.2 Å². The first-order chi connectivity index (χ1) is 12.9. The fourth-order valence-corrected chi connectivity index (χ4v) is 15.7. The van der Waals surface area contributed by atoms with Gasteiger partial charge in [0, 0.05) is 25.9 Å². The van der Waals surface area contributed by atoms with E-state index in [0.717, 1.165) is 0 Å². The summed E-state index contributed by atoms with van der Waals surface area (Å²) in [5.74, 6) is -0.177. The molecule has 2 aliphatic rings. The molecule has 3 atom stereocenters. The van der Waals surface area contributed by atoms with Crippen molar-refractivity contribution in [2.45, 2.75) is 103 Å². The zero-order valence-electron chi connectivity index (χ0n) is 19.1. The van der Waals surface area contributed by atoms with E-state index in [-0.39, 0.29) is 18.0 Å². The Balaban J connectivity index is 2.41. The number of carbonyl (C=O) groups excluding carboxylic acids is 1. The highest BCUT2D eigenvalue weighted by Crippen LogP contribution is 2.46. The standard InChI is InChI=1S/C20H40O6Si2/c1-13(2)27(14(3)4)22-11-18-10-20(24-17(9)21)25-19(18)12-23-28(26-27,15(5)6)16(7)8/h13-16,18-20H,10-12H2,1-9H3/t18-,19-,20?/m1/s1. The molecule has 0 radical (unpaired) electrons. The minimum atomic E-state index is -2.58. The van der Waals surface area contributed by atoms with Crippen molar-refractivity contribution in [3.05, 3.63) is 0 Å². The average Bonchev–Trinajstić information content (AvgIpc) is 2.95. The first-order valence-electron chi connectivity index (χ1n) is 10.7. The van der Waals surface area contributed by atoms with E-state index < -0.39 is 23.4 Å². The SMILES string of the molecule is CC(=O)OC1C[C@@H]2CO[Si](C(C)C)(C(C)C)O[Si](C(C)C)(C(C)C)OC[C@H]2O1. The Morgan fingerprint density at radius 2 is 1.32 bits per heavy atom. The molecule has 164 valence electrons. The lowest BCUT2D eigenvalue weighted by molar-refractivity contribution is -0.174. The highest BCUT2D eigenvalue weighted by atomic mass is 28.5. The summed E-state index contributed by atoms with van der Waals surface area (Å²) in [5.41, 5.74) is 1.21. The second-order valence-electron chi connectivity index (χ2n) is 9.49. The van der Waals surface area contributed by atoms with Crippen LogP contribution in [0.1, 0.15) is 68.7 Å². The summed E-state index contributed by atoms with van der Waals surface area (Å²) >= 11 is 0. The van der Waals surface area contributed by atoms with Crippen molar-refractivity contribution in [3.63, 3.8) is 0 Å². The maximum Gasteiger partial charge on any atom is 0.334 e. The van der Waals surface area contributed by atoms with Crippen molar-refractivity contribution >= 4 is 23.1 Å². The number of esters is 1. The molecule has 28 heavy (non-hydrogen) atoms. The van der Waals surface area contributed by atoms with Gasteiger partial charge in [0.15, 0.2) is 0 Å². The molecule has 2 saturated heterocycles. The zero-order valence-corrected chi connectivity index (χ0v) is 21.1. The molecule has 0 aromatic carbocycles. The highest BCUT2D eigenvalue weighted by Gasteiger charge is 2.58. The van der Waals surface area contributed by atoms with Crippen molar-refractivity contribution in [1.29, 1.82) is 0 Å². The summed E-state index contributed by atoms with van der Waals surface area (Å²) < 4.78 is 32.0. The Morgan fingerprint density at radius 1 is 0.857 bits per heavy atom. The minimum absolute atomic E-state index is 0.138. The van der Waals surface area contributed by atoms with Crippen LogP contribution in [0.4, 0.5) is 0 Å². The number of hydrogen-bond acceptors (Lipinski definition) is 6. The van der Waals surface area contributed by atoms with Crippen LogP contribution in [-0.4, -0.2) is 48.7 Å². The molecule has 0 bridgehead atoms. The Labute approximate surface area is 173 Å². The lowest BCUT2D eigenvalue weighted by Gasteiger charge is -2.47. The average molecular weight is 433 g/mol. The van der Waals surface area contributed by atoms with E-state index in [0.29, 0.717) is 41.8 Å². The van der Waals surface area contributed by atoms with Gasteiger partial charge in [-0.05, 0) is 22.2 Å². The predicted octanol–water partition coefficient (Wildman–Crippen LogP) is 4.87. The van der Waals surface area contributed by atoms with E-state index in [1.807, 2.05) is 0 Å². The van der Waals surface area contributed by atoms with E-state index in [4.69, 9.17) is 22.4 Å². The lowest BCUT2D eigenvalue weighted by Crippen LogP contribution is -2.61. The normalized spacial score (nSPS) is 30.2. The Kier molecular flexibility index (Phi) is 7.95. The number of carbonyl (C=O) groups is 1. The summed E-state index contributed by atoms with van der Waals surface area (Å²) in [7, 11) is -5.13. The second-order valence-corrected chi connectivity index (χ2v) is 18.4. The van der Waals surface area contributed by atoms with E-state index >= 15 is 0 Å². The van der Waals surface area contributed by atoms with Crippen LogP contribution in [0.2, 0.25) is 22.2 Å². The van der Waals surface area contributed by atoms with Crippen LogP contribution in [0.5, 0.6) is 0 Å². The predicted molar refractivity (Wildman–Crippen MR) is 113 cm³/mol. The van der Waals surface area contributed by atoms with Crippen LogP contribution in [0.3, 0.4) is 0 Å². The molecule has 2 aliphatic heterocycles. The molecule has 6 nitrogen and oxygen atoms in total. The molecular formula is C20H40O6Si2. The van der Waals surface area contributed by atoms with E-state index in [2.05, 4.69) is 55.4 Å². The molecule has 8 heteroatoms. The summed E-state index contributed by atoms with van der Waals surface area (Å²) in [6.07, 6.45) is -0.00328. The number of fused-ring (bicyclic) bond motifs is 1. The van der Waals surface area contributed by atoms with Gasteiger partial charge in [-0.3, -0.25) is 4.79 Å². The molecule has 2 fully saturated rings. The molecule has 2 rings (SSSR count). The maximum absolute atomic E-state index is 11.4. The molecule has 0 N–H and O–H groups in total. The van der Waals surface area contributed by atoms with Crippen LogP contribution in [0, 0.1) is 5.92 Å². The Morgan fingerprint density at radius 3 is 1.75 bits per heavy atom. The summed E-state index contributed by atoms with van der Waals surface area (Å²) in [6.45, 7) is 20.1. The molecular weight excluding hydrogens is 392 g/mol. The van der Waals surface area contributed by atoms with Gasteiger partial charge in [0.25, 0.3) is 0 Å². The fourth-order valence-electron chi connectivity index (χ4n) is 4.60. The second kappa shape index (κ2) is 9.26. The third-order valence-electron chi connectivity index (χ3n) is 6.18. The zero-order chi connectivity index (χ0) is 21.3. The van der Waals surface area contributed by atoms with Gasteiger partial charge in [0.05, 0.1) is 12.7 Å². The van der Waals surface area contributed by atoms with Gasteiger partial charge in [0.1, 0.15) is 0 Å². The summed E-state index contributed by atoms with van der Waals surface area (Å²) in [4.78, 5) is 11.4. The van der Waals surface area contributed by atoms with Crippen LogP contribution >= 0.6 is 0 Å². The molecule has 0 aromatic heterocycles. The topological polar surface area (TPSA) is 63.2 Å². The van der Waals surface area contributed by atoms with Crippen molar-refractivity contribution in [3.8, 4) is 0 Å². The molecule has 0 spiro atoms. The molecule has 0 aliphatic carbocycles. The lowest BCUT2D eigenvalue weighted by atomic mass is 10.0. The minimum Gasteiger partial charge on any atom is -0.436 e. The summed E-state index contributed by atoms with van der Waals surface area (Å²) in [5, 5.41) is 0. The van der Waals surface area contributed by atoms with E-state index in [9.17, 15) is 4.79 Å². The van der Waals surface area contributed by atoms with Gasteiger partial charge in [-0.2, -0.15) is 0 Å². The van der Waals surface area contributed by atoms with Gasteiger partial charge in [-0.15, -0.1) is 0 Å². The van der Waals surface area contributed by atoms with Crippen molar-refractivity contribution in [2.24, 2.45) is 5.92 Å². The van der Waals surface area contributed by atoms with E-state index in [1.54, 1.807) is 0 Å². The third kappa shape index (κ3) is 4.73. The molecule has 0 saturated carbocycles. The Hall–Kier alpha value is -0.256. The van der Waals surface area contributed by atoms with Gasteiger partial charge >= 0.3 is 23.1 Å². The quantitative estimate of drug-likeness (QED) is 0.456. The van der Waals surface area contributed by atoms with Crippen LogP contribution in [0.25, 0.3) is 0 Å². The third-order valence-corrected chi connectivity index (χ3v) is 16.4. The largest absolute Gasteiger partial charge is 0.436 e. The van der Waals surface area contributed by atoms with Gasteiger partial charge in [-0.25, -0.2) is 0 Å². The van der Waals surface area contributed by atoms with Crippen molar-refractivity contribution in [1.82, 2.24) is 0 Å². The molecule has 2 heterocycles. The fraction of sp³-hybridized carbons (Fsp3) is 0.950. The van der Waals surface area contributed by atoms with Crippen LogP contribution < -0.4 is 0 Å². The first kappa shape index (κ1) is 24.0. The highest BCUT2D eigenvalue weighted by molar-refractivity contribution is 6.83. The van der Waals surface area contributed by atoms with Crippen LogP contribution in [-0.2, 0) is 27.2 Å². The number of ether oxygens (including phenoxy) is 2. The molecule has 0 aromatic rings. The maximum atomic E-state index is 11.4. The van der Waals surface area contributed by atoms with Gasteiger partial charge in [-0.1, -0.05) is 55.4 Å². The van der Waals surface area contributed by atoms with Gasteiger partial charge < -0.3 is 22.4 Å². The monoisotopic (exact) mass is 432 g/mol. The van der Waals surface area contributed by atoms with Crippen LogP contribution in [0.15, 0.2) is 0 Å². The molecule has 1 unspecified atom stereocenters. The smallest absolute Gasteiger partial charge is 0.334 e. The molecule has 0 amide bonds. The Bertz CT molecular complexity index is 483. The van der Waals surface area contributed by atoms with Crippen molar-refractivity contribution < 1.29 is 27.2 Å². The van der Waals surface area contributed by atoms with E-state index in [1.165, 1.54) is 6.92 Å².